The summed E-state index contributed by atoms with van der Waals surface area (Å²) in [5.74, 6) is 1.43. The van der Waals surface area contributed by atoms with Crippen molar-refractivity contribution in [2.75, 3.05) is 7.11 Å². The largest absolute Gasteiger partial charge is 0.497 e. The summed E-state index contributed by atoms with van der Waals surface area (Å²) in [6, 6.07) is 21.4. The van der Waals surface area contributed by atoms with Crippen LogP contribution in [-0.4, -0.2) is 11.7 Å². The molecule has 0 unspecified atom stereocenters. The molecule has 0 spiro atoms. The van der Waals surface area contributed by atoms with E-state index in [1.807, 2.05) is 12.1 Å². The molecule has 0 saturated heterocycles. The number of methoxy groups -OCH3 is 1. The van der Waals surface area contributed by atoms with E-state index in [0.717, 1.165) is 5.75 Å². The molecule has 0 aliphatic heterocycles. The average molecular weight is 305 g/mol. The van der Waals surface area contributed by atoms with E-state index in [4.69, 9.17) is 4.74 Å². The molecule has 2 aromatic carbocycles. The zero-order valence-electron chi connectivity index (χ0n) is 14.2. The maximum absolute atomic E-state index is 5.25. The fraction of sp³-hybridized carbons (Fsp3) is 0.238. The molecule has 0 fully saturated rings. The highest BCUT2D eigenvalue weighted by molar-refractivity contribution is 5.65. The standard InChI is InChI=1S/C21H23NO/c1-15(2)17-6-10-19(11-7-17)22-16(3)5-14-21(22)18-8-12-20(23-4)13-9-18/h5-15H,1-4H3. The smallest absolute Gasteiger partial charge is 0.118 e. The molecule has 2 heteroatoms. The SMILES string of the molecule is COc1ccc(-c2ccc(C)n2-c2ccc(C(C)C)cc2)cc1. The first kappa shape index (κ1) is 15.4. The first-order valence-corrected chi connectivity index (χ1v) is 8.03. The summed E-state index contributed by atoms with van der Waals surface area (Å²) in [5, 5.41) is 0. The van der Waals surface area contributed by atoms with Crippen LogP contribution in [-0.2, 0) is 0 Å². The van der Waals surface area contributed by atoms with Crippen LogP contribution in [0.15, 0.2) is 60.7 Å². The number of ether oxygens (including phenoxy) is 1. The second-order valence-corrected chi connectivity index (χ2v) is 6.17. The van der Waals surface area contributed by atoms with Crippen molar-refractivity contribution in [2.45, 2.75) is 26.7 Å². The molecule has 118 valence electrons. The van der Waals surface area contributed by atoms with Crippen molar-refractivity contribution in [2.24, 2.45) is 0 Å². The van der Waals surface area contributed by atoms with Gasteiger partial charge in [-0.05, 0) is 72.5 Å². The molecule has 0 aliphatic carbocycles. The quantitative estimate of drug-likeness (QED) is 0.613. The minimum atomic E-state index is 0.552. The molecular formula is C21H23NO. The van der Waals surface area contributed by atoms with Crippen LogP contribution in [0.5, 0.6) is 5.75 Å². The van der Waals surface area contributed by atoms with Gasteiger partial charge < -0.3 is 9.30 Å². The molecule has 0 atom stereocenters. The number of nitrogens with zero attached hydrogens (tertiary/aromatic N) is 1. The zero-order valence-corrected chi connectivity index (χ0v) is 14.2. The minimum Gasteiger partial charge on any atom is -0.497 e. The Morgan fingerprint density at radius 3 is 2.04 bits per heavy atom. The first-order valence-electron chi connectivity index (χ1n) is 8.03. The summed E-state index contributed by atoms with van der Waals surface area (Å²) in [7, 11) is 1.69. The summed E-state index contributed by atoms with van der Waals surface area (Å²) in [4.78, 5) is 0. The van der Waals surface area contributed by atoms with Gasteiger partial charge >= 0.3 is 0 Å². The lowest BCUT2D eigenvalue weighted by Crippen LogP contribution is -1.99. The van der Waals surface area contributed by atoms with Gasteiger partial charge in [0, 0.05) is 11.4 Å². The summed E-state index contributed by atoms with van der Waals surface area (Å²) in [5.41, 5.74) is 6.18. The Morgan fingerprint density at radius 1 is 0.826 bits per heavy atom. The van der Waals surface area contributed by atoms with Gasteiger partial charge in [-0.2, -0.15) is 0 Å². The Balaban J connectivity index is 2.04. The summed E-state index contributed by atoms with van der Waals surface area (Å²) < 4.78 is 7.55. The summed E-state index contributed by atoms with van der Waals surface area (Å²) >= 11 is 0. The average Bonchev–Trinajstić information content (AvgIpc) is 2.96. The van der Waals surface area contributed by atoms with Crippen LogP contribution in [0.3, 0.4) is 0 Å². The van der Waals surface area contributed by atoms with Crippen molar-refractivity contribution in [3.8, 4) is 22.7 Å². The van der Waals surface area contributed by atoms with E-state index in [2.05, 4.69) is 73.9 Å². The van der Waals surface area contributed by atoms with E-state index < -0.39 is 0 Å². The Kier molecular flexibility index (Phi) is 4.24. The minimum absolute atomic E-state index is 0.552. The molecule has 0 radical (unpaired) electrons. The van der Waals surface area contributed by atoms with E-state index in [-0.39, 0.29) is 0 Å². The maximum Gasteiger partial charge on any atom is 0.118 e. The lowest BCUT2D eigenvalue weighted by atomic mass is 10.0. The van der Waals surface area contributed by atoms with Crippen molar-refractivity contribution < 1.29 is 4.74 Å². The van der Waals surface area contributed by atoms with E-state index in [9.17, 15) is 0 Å². The zero-order chi connectivity index (χ0) is 16.4. The van der Waals surface area contributed by atoms with Gasteiger partial charge in [0.25, 0.3) is 0 Å². The van der Waals surface area contributed by atoms with Crippen LogP contribution in [0.2, 0.25) is 0 Å². The van der Waals surface area contributed by atoms with Crippen molar-refractivity contribution in [3.05, 3.63) is 71.9 Å². The molecule has 1 heterocycles. The third-order valence-corrected chi connectivity index (χ3v) is 4.28. The predicted molar refractivity (Wildman–Crippen MR) is 96.6 cm³/mol. The summed E-state index contributed by atoms with van der Waals surface area (Å²) in [6.45, 7) is 6.58. The fourth-order valence-corrected chi connectivity index (χ4v) is 2.88. The predicted octanol–water partition coefficient (Wildman–Crippen LogP) is 5.58. The second-order valence-electron chi connectivity index (χ2n) is 6.17. The normalized spacial score (nSPS) is 11.0. The number of aryl methyl sites for hydroxylation is 1. The van der Waals surface area contributed by atoms with Crippen molar-refractivity contribution >= 4 is 0 Å². The molecule has 0 N–H and O–H groups in total. The molecule has 0 aliphatic rings. The Morgan fingerprint density at radius 2 is 1.48 bits per heavy atom. The highest BCUT2D eigenvalue weighted by atomic mass is 16.5. The van der Waals surface area contributed by atoms with Crippen molar-refractivity contribution in [3.63, 3.8) is 0 Å². The molecule has 3 rings (SSSR count). The van der Waals surface area contributed by atoms with Crippen LogP contribution in [0, 0.1) is 6.92 Å². The highest BCUT2D eigenvalue weighted by Crippen LogP contribution is 2.28. The van der Waals surface area contributed by atoms with Gasteiger partial charge in [-0.1, -0.05) is 26.0 Å². The van der Waals surface area contributed by atoms with E-state index in [1.54, 1.807) is 7.11 Å². The topological polar surface area (TPSA) is 14.2 Å². The molecule has 0 saturated carbocycles. The van der Waals surface area contributed by atoms with Crippen LogP contribution in [0.4, 0.5) is 0 Å². The Hall–Kier alpha value is -2.48. The molecule has 23 heavy (non-hydrogen) atoms. The fourth-order valence-electron chi connectivity index (χ4n) is 2.88. The third kappa shape index (κ3) is 3.02. The van der Waals surface area contributed by atoms with E-state index in [0.29, 0.717) is 5.92 Å². The molecule has 3 aromatic rings. The molecule has 1 aromatic heterocycles. The van der Waals surface area contributed by atoms with E-state index in [1.165, 1.54) is 28.2 Å². The van der Waals surface area contributed by atoms with Gasteiger partial charge in [-0.15, -0.1) is 0 Å². The van der Waals surface area contributed by atoms with Crippen molar-refractivity contribution in [1.82, 2.24) is 4.57 Å². The Bertz CT molecular complexity index is 780. The molecule has 2 nitrogen and oxygen atoms in total. The number of aromatic nitrogens is 1. The lowest BCUT2D eigenvalue weighted by Gasteiger charge is -2.14. The second kappa shape index (κ2) is 6.33. The first-order chi connectivity index (χ1) is 11.1. The van der Waals surface area contributed by atoms with Crippen LogP contribution in [0.1, 0.15) is 31.0 Å². The number of rotatable bonds is 4. The number of benzene rings is 2. The number of hydrogen-bond donors (Lipinski definition) is 0. The summed E-state index contributed by atoms with van der Waals surface area (Å²) in [6.07, 6.45) is 0. The van der Waals surface area contributed by atoms with Gasteiger partial charge in [0.05, 0.1) is 12.8 Å². The third-order valence-electron chi connectivity index (χ3n) is 4.28. The van der Waals surface area contributed by atoms with Crippen molar-refractivity contribution in [1.29, 1.82) is 0 Å². The van der Waals surface area contributed by atoms with Crippen LogP contribution < -0.4 is 4.74 Å². The number of hydrogen-bond acceptors (Lipinski definition) is 1. The van der Waals surface area contributed by atoms with Gasteiger partial charge in [0.1, 0.15) is 5.75 Å². The Labute approximate surface area is 138 Å². The van der Waals surface area contributed by atoms with Gasteiger partial charge in [-0.3, -0.25) is 0 Å². The van der Waals surface area contributed by atoms with Gasteiger partial charge in [0.2, 0.25) is 0 Å². The van der Waals surface area contributed by atoms with Gasteiger partial charge in [-0.25, -0.2) is 0 Å². The monoisotopic (exact) mass is 305 g/mol. The lowest BCUT2D eigenvalue weighted by molar-refractivity contribution is 0.415. The highest BCUT2D eigenvalue weighted by Gasteiger charge is 2.10. The molecule has 0 amide bonds. The van der Waals surface area contributed by atoms with Gasteiger partial charge in [0.15, 0.2) is 0 Å². The van der Waals surface area contributed by atoms with Crippen LogP contribution in [0.25, 0.3) is 16.9 Å². The maximum atomic E-state index is 5.25. The molecular weight excluding hydrogens is 282 g/mol. The molecule has 0 bridgehead atoms. The van der Waals surface area contributed by atoms with Crippen LogP contribution >= 0.6 is 0 Å². The van der Waals surface area contributed by atoms with E-state index >= 15 is 0 Å².